The number of aryl methyl sites for hydroxylation is 3. The van der Waals surface area contributed by atoms with E-state index in [4.69, 9.17) is 9.47 Å². The number of carbonyl (C=O) groups excluding carboxylic acids is 1. The number of allylic oxidation sites excluding steroid dienone is 2. The summed E-state index contributed by atoms with van der Waals surface area (Å²) in [6.45, 7) is 8.58. The molecule has 1 aromatic carbocycles. The molecule has 0 saturated carbocycles. The highest BCUT2D eigenvalue weighted by molar-refractivity contribution is 5.92. The minimum atomic E-state index is -4.58. The van der Waals surface area contributed by atoms with Gasteiger partial charge >= 0.3 is 12.1 Å². The molecule has 0 atom stereocenters. The molecule has 0 bridgehead atoms. The molecule has 0 radical (unpaired) electrons. The number of hydrogen-bond donors (Lipinski definition) is 0. The number of rotatable bonds is 5. The van der Waals surface area contributed by atoms with Gasteiger partial charge in [0.1, 0.15) is 11.3 Å². The van der Waals surface area contributed by atoms with E-state index >= 15 is 0 Å². The van der Waals surface area contributed by atoms with Gasteiger partial charge in [0.15, 0.2) is 0 Å². The Kier molecular flexibility index (Phi) is 6.48. The van der Waals surface area contributed by atoms with Gasteiger partial charge in [0, 0.05) is 0 Å². The van der Waals surface area contributed by atoms with Crippen LogP contribution in [0.25, 0.3) is 5.57 Å². The number of nitrogens with zero attached hydrogens (tertiary/aromatic N) is 1. The SMILES string of the molecule is C/C=C(\c1ccc(C(=O)OCC)c(Oc2c(C)cc(C)cc2C)n1)C(F)(F)F. The van der Waals surface area contributed by atoms with Gasteiger partial charge in [-0.2, -0.15) is 13.2 Å². The van der Waals surface area contributed by atoms with Gasteiger partial charge in [-0.25, -0.2) is 9.78 Å². The molecule has 0 N–H and O–H groups in total. The molecular weight excluding hydrogens is 371 g/mol. The van der Waals surface area contributed by atoms with Crippen LogP contribution < -0.4 is 4.74 Å². The Balaban J connectivity index is 2.61. The molecule has 150 valence electrons. The smallest absolute Gasteiger partial charge is 0.418 e. The summed E-state index contributed by atoms with van der Waals surface area (Å²) >= 11 is 0. The van der Waals surface area contributed by atoms with Gasteiger partial charge in [0.05, 0.1) is 17.9 Å². The monoisotopic (exact) mass is 393 g/mol. The van der Waals surface area contributed by atoms with Crippen molar-refractivity contribution in [3.8, 4) is 11.6 Å². The summed E-state index contributed by atoms with van der Waals surface area (Å²) in [5.41, 5.74) is 1.29. The van der Waals surface area contributed by atoms with Crippen LogP contribution >= 0.6 is 0 Å². The van der Waals surface area contributed by atoms with Crippen molar-refractivity contribution in [1.82, 2.24) is 4.98 Å². The second kappa shape index (κ2) is 8.46. The number of hydrogen-bond acceptors (Lipinski definition) is 4. The maximum atomic E-state index is 13.3. The first-order valence-electron chi connectivity index (χ1n) is 8.76. The van der Waals surface area contributed by atoms with Gasteiger partial charge in [-0.3, -0.25) is 0 Å². The molecule has 7 heteroatoms. The Morgan fingerprint density at radius 2 is 1.75 bits per heavy atom. The molecule has 0 saturated heterocycles. The van der Waals surface area contributed by atoms with E-state index in [0.717, 1.165) is 28.8 Å². The highest BCUT2D eigenvalue weighted by Gasteiger charge is 2.35. The van der Waals surface area contributed by atoms with E-state index in [2.05, 4.69) is 4.98 Å². The second-order valence-corrected chi connectivity index (χ2v) is 6.30. The molecular formula is C21H22F3NO3. The van der Waals surface area contributed by atoms with Crippen LogP contribution in [-0.2, 0) is 4.74 Å². The molecule has 0 fully saturated rings. The predicted molar refractivity (Wildman–Crippen MR) is 101 cm³/mol. The standard InChI is InChI=1S/C21H22F3NO3/c1-6-16(21(22,23)24)17-9-8-15(20(26)27-7-2)19(25-17)28-18-13(4)10-12(3)11-14(18)5/h6,8-11H,7H2,1-5H3/b16-6+. The van der Waals surface area contributed by atoms with Crippen molar-refractivity contribution in [2.45, 2.75) is 40.8 Å². The predicted octanol–water partition coefficient (Wildman–Crippen LogP) is 5.94. The van der Waals surface area contributed by atoms with Gasteiger partial charge in [-0.1, -0.05) is 23.8 Å². The lowest BCUT2D eigenvalue weighted by Gasteiger charge is -2.17. The number of benzene rings is 1. The summed E-state index contributed by atoms with van der Waals surface area (Å²) in [5, 5.41) is 0. The first-order valence-corrected chi connectivity index (χ1v) is 8.76. The second-order valence-electron chi connectivity index (χ2n) is 6.30. The lowest BCUT2D eigenvalue weighted by Crippen LogP contribution is -2.14. The van der Waals surface area contributed by atoms with Crippen molar-refractivity contribution < 1.29 is 27.4 Å². The summed E-state index contributed by atoms with van der Waals surface area (Å²) in [6.07, 6.45) is -3.65. The topological polar surface area (TPSA) is 48.4 Å². The summed E-state index contributed by atoms with van der Waals surface area (Å²) in [5.74, 6) is -0.502. The molecule has 0 amide bonds. The molecule has 0 aliphatic heterocycles. The van der Waals surface area contributed by atoms with Crippen molar-refractivity contribution in [3.63, 3.8) is 0 Å². The van der Waals surface area contributed by atoms with Gasteiger partial charge in [0.2, 0.25) is 5.88 Å². The number of halogens is 3. The van der Waals surface area contributed by atoms with Crippen LogP contribution in [0.1, 0.15) is 46.6 Å². The van der Waals surface area contributed by atoms with E-state index in [9.17, 15) is 18.0 Å². The summed E-state index contributed by atoms with van der Waals surface area (Å²) in [7, 11) is 0. The lowest BCUT2D eigenvalue weighted by molar-refractivity contribution is -0.0692. The van der Waals surface area contributed by atoms with Crippen LogP contribution in [0.5, 0.6) is 11.6 Å². The molecule has 1 heterocycles. The van der Waals surface area contributed by atoms with Crippen molar-refractivity contribution in [2.75, 3.05) is 6.61 Å². The summed E-state index contributed by atoms with van der Waals surface area (Å²) in [6, 6.07) is 6.13. The van der Waals surface area contributed by atoms with Crippen molar-refractivity contribution in [1.29, 1.82) is 0 Å². The third kappa shape index (κ3) is 4.71. The molecule has 2 rings (SSSR count). The highest BCUT2D eigenvalue weighted by atomic mass is 19.4. The molecule has 0 aliphatic carbocycles. The zero-order valence-corrected chi connectivity index (χ0v) is 16.4. The molecule has 2 aromatic rings. The van der Waals surface area contributed by atoms with Crippen LogP contribution in [-0.4, -0.2) is 23.7 Å². The largest absolute Gasteiger partial charge is 0.462 e. The van der Waals surface area contributed by atoms with E-state index in [1.807, 2.05) is 32.9 Å². The van der Waals surface area contributed by atoms with Crippen LogP contribution in [0.3, 0.4) is 0 Å². The lowest BCUT2D eigenvalue weighted by atomic mass is 10.1. The average Bonchev–Trinajstić information content (AvgIpc) is 2.57. The van der Waals surface area contributed by atoms with E-state index < -0.39 is 17.7 Å². The molecule has 0 aliphatic rings. The zero-order valence-electron chi connectivity index (χ0n) is 16.4. The van der Waals surface area contributed by atoms with Gasteiger partial charge in [-0.05, 0) is 57.9 Å². The summed E-state index contributed by atoms with van der Waals surface area (Å²) in [4.78, 5) is 16.3. The van der Waals surface area contributed by atoms with E-state index in [1.165, 1.54) is 13.0 Å². The van der Waals surface area contributed by atoms with Crippen LogP contribution in [0.4, 0.5) is 13.2 Å². The molecule has 4 nitrogen and oxygen atoms in total. The fourth-order valence-electron chi connectivity index (χ4n) is 2.91. The van der Waals surface area contributed by atoms with E-state index in [1.54, 1.807) is 6.92 Å². The first kappa shape index (κ1) is 21.5. The van der Waals surface area contributed by atoms with Gasteiger partial charge < -0.3 is 9.47 Å². The van der Waals surface area contributed by atoms with Crippen molar-refractivity contribution in [3.05, 3.63) is 58.3 Å². The van der Waals surface area contributed by atoms with Gasteiger partial charge in [0.25, 0.3) is 0 Å². The molecule has 0 unspecified atom stereocenters. The average molecular weight is 393 g/mol. The number of esters is 1. The van der Waals surface area contributed by atoms with E-state index in [-0.39, 0.29) is 23.7 Å². The van der Waals surface area contributed by atoms with Crippen LogP contribution in [0.15, 0.2) is 30.3 Å². The zero-order chi connectivity index (χ0) is 21.1. The normalized spacial score (nSPS) is 12.1. The fourth-order valence-corrected chi connectivity index (χ4v) is 2.91. The Morgan fingerprint density at radius 3 is 2.25 bits per heavy atom. The quantitative estimate of drug-likeness (QED) is 0.590. The highest BCUT2D eigenvalue weighted by Crippen LogP contribution is 2.36. The number of pyridine rings is 1. The first-order chi connectivity index (χ1) is 13.1. The Labute approximate surface area is 162 Å². The number of aromatic nitrogens is 1. The molecule has 0 spiro atoms. The Bertz CT molecular complexity index is 895. The van der Waals surface area contributed by atoms with Crippen LogP contribution in [0, 0.1) is 20.8 Å². The maximum Gasteiger partial charge on any atom is 0.418 e. The van der Waals surface area contributed by atoms with Crippen LogP contribution in [0.2, 0.25) is 0 Å². The Morgan fingerprint density at radius 1 is 1.14 bits per heavy atom. The molecule has 1 aromatic heterocycles. The number of alkyl halides is 3. The number of carbonyl (C=O) groups is 1. The third-order valence-corrected chi connectivity index (χ3v) is 4.03. The maximum absolute atomic E-state index is 13.3. The minimum absolute atomic E-state index is 0.0393. The van der Waals surface area contributed by atoms with Gasteiger partial charge in [-0.15, -0.1) is 0 Å². The van der Waals surface area contributed by atoms with Crippen molar-refractivity contribution in [2.24, 2.45) is 0 Å². The minimum Gasteiger partial charge on any atom is -0.462 e. The van der Waals surface area contributed by atoms with E-state index in [0.29, 0.717) is 5.75 Å². The Hall–Kier alpha value is -2.83. The molecule has 28 heavy (non-hydrogen) atoms. The summed E-state index contributed by atoms with van der Waals surface area (Å²) < 4.78 is 50.6. The fraction of sp³-hybridized carbons (Fsp3) is 0.333. The van der Waals surface area contributed by atoms with Crippen molar-refractivity contribution >= 4 is 11.5 Å². The number of ether oxygens (including phenoxy) is 2. The third-order valence-electron chi connectivity index (χ3n) is 4.03.